The van der Waals surface area contributed by atoms with E-state index in [4.69, 9.17) is 4.98 Å². The lowest BCUT2D eigenvalue weighted by Crippen LogP contribution is -1.86. The Balaban J connectivity index is 2.40. The van der Waals surface area contributed by atoms with Crippen LogP contribution in [0.15, 0.2) is 18.2 Å². The number of benzene rings is 1. The van der Waals surface area contributed by atoms with E-state index in [0.717, 1.165) is 6.42 Å². The molecule has 0 N–H and O–H groups in total. The van der Waals surface area contributed by atoms with E-state index in [1.54, 1.807) is 0 Å². The van der Waals surface area contributed by atoms with Crippen LogP contribution in [0.1, 0.15) is 37.3 Å². The minimum Gasteiger partial charge on any atom is -0.241 e. The highest BCUT2D eigenvalue weighted by atomic mass is 32.1. The lowest BCUT2D eigenvalue weighted by atomic mass is 10.1. The molecule has 1 heterocycles. The third-order valence-electron chi connectivity index (χ3n) is 2.65. The molecule has 0 aliphatic heterocycles. The maximum absolute atomic E-state index is 4.70. The highest BCUT2D eigenvalue weighted by molar-refractivity contribution is 7.18. The van der Waals surface area contributed by atoms with Gasteiger partial charge in [-0.25, -0.2) is 4.98 Å². The summed E-state index contributed by atoms with van der Waals surface area (Å²) in [5.74, 6) is 0. The second kappa shape index (κ2) is 4.75. The van der Waals surface area contributed by atoms with Crippen LogP contribution in [0.2, 0.25) is 0 Å². The summed E-state index contributed by atoms with van der Waals surface area (Å²) in [6.07, 6.45) is 4.73. The summed E-state index contributed by atoms with van der Waals surface area (Å²) in [6.45, 7) is 4.40. The first-order chi connectivity index (χ1) is 7.35. The normalized spacial score (nSPS) is 11.1. The van der Waals surface area contributed by atoms with Crippen molar-refractivity contribution >= 4 is 21.6 Å². The van der Waals surface area contributed by atoms with E-state index in [9.17, 15) is 0 Å². The topological polar surface area (TPSA) is 12.9 Å². The Morgan fingerprint density at radius 1 is 1.27 bits per heavy atom. The molecule has 1 aromatic carbocycles. The van der Waals surface area contributed by atoms with E-state index in [1.807, 2.05) is 11.3 Å². The highest BCUT2D eigenvalue weighted by Gasteiger charge is 2.06. The van der Waals surface area contributed by atoms with Crippen LogP contribution in [0.25, 0.3) is 10.2 Å². The Labute approximate surface area is 95.2 Å². The minimum atomic E-state index is 1.05. The molecule has 1 aromatic heterocycles. The zero-order valence-corrected chi connectivity index (χ0v) is 10.2. The Kier molecular flexibility index (Phi) is 3.37. The van der Waals surface area contributed by atoms with Gasteiger partial charge in [0.25, 0.3) is 0 Å². The molecule has 0 amide bonds. The van der Waals surface area contributed by atoms with Crippen LogP contribution >= 0.6 is 11.3 Å². The zero-order valence-electron chi connectivity index (χ0n) is 9.42. The molecule has 0 aliphatic rings. The Bertz CT molecular complexity index is 445. The SMILES string of the molecule is CCCCc1cccc2sc(CC)nc12. The number of nitrogens with zero attached hydrogens (tertiary/aromatic N) is 1. The average molecular weight is 219 g/mol. The Morgan fingerprint density at radius 2 is 2.13 bits per heavy atom. The van der Waals surface area contributed by atoms with Crippen molar-refractivity contribution in [2.75, 3.05) is 0 Å². The van der Waals surface area contributed by atoms with Crippen molar-refractivity contribution in [3.63, 3.8) is 0 Å². The highest BCUT2D eigenvalue weighted by Crippen LogP contribution is 2.26. The van der Waals surface area contributed by atoms with E-state index < -0.39 is 0 Å². The van der Waals surface area contributed by atoms with Crippen LogP contribution in [0.4, 0.5) is 0 Å². The standard InChI is InChI=1S/C13H17NS/c1-3-5-7-10-8-6-9-11-13(10)14-12(4-2)15-11/h6,8-9H,3-5,7H2,1-2H3. The molecule has 0 atom stereocenters. The van der Waals surface area contributed by atoms with Gasteiger partial charge in [-0.15, -0.1) is 11.3 Å². The number of fused-ring (bicyclic) bond motifs is 1. The van der Waals surface area contributed by atoms with Crippen LogP contribution in [0.5, 0.6) is 0 Å². The van der Waals surface area contributed by atoms with Gasteiger partial charge in [0.05, 0.1) is 15.2 Å². The molecule has 0 saturated heterocycles. The molecule has 0 spiro atoms. The van der Waals surface area contributed by atoms with E-state index >= 15 is 0 Å². The molecule has 2 rings (SSSR count). The van der Waals surface area contributed by atoms with Crippen LogP contribution in [0.3, 0.4) is 0 Å². The van der Waals surface area contributed by atoms with Gasteiger partial charge >= 0.3 is 0 Å². The molecule has 2 heteroatoms. The van der Waals surface area contributed by atoms with Gasteiger partial charge in [-0.2, -0.15) is 0 Å². The van der Waals surface area contributed by atoms with Crippen molar-refractivity contribution in [1.82, 2.24) is 4.98 Å². The first kappa shape index (κ1) is 10.6. The number of rotatable bonds is 4. The Hall–Kier alpha value is -0.890. The summed E-state index contributed by atoms with van der Waals surface area (Å²) in [5.41, 5.74) is 2.66. The van der Waals surface area contributed by atoms with E-state index in [2.05, 4.69) is 32.0 Å². The summed E-state index contributed by atoms with van der Waals surface area (Å²) in [4.78, 5) is 4.70. The molecule has 0 aliphatic carbocycles. The van der Waals surface area contributed by atoms with Gasteiger partial charge in [-0.05, 0) is 30.9 Å². The fourth-order valence-electron chi connectivity index (χ4n) is 1.77. The number of aryl methyl sites for hydroxylation is 2. The minimum absolute atomic E-state index is 1.05. The number of para-hydroxylation sites is 1. The van der Waals surface area contributed by atoms with Crippen molar-refractivity contribution in [3.05, 3.63) is 28.8 Å². The van der Waals surface area contributed by atoms with Crippen LogP contribution in [0, 0.1) is 0 Å². The summed E-state index contributed by atoms with van der Waals surface area (Å²) in [7, 11) is 0. The van der Waals surface area contributed by atoms with E-state index in [-0.39, 0.29) is 0 Å². The van der Waals surface area contributed by atoms with Gasteiger partial charge in [0.1, 0.15) is 0 Å². The van der Waals surface area contributed by atoms with Gasteiger partial charge in [0.15, 0.2) is 0 Å². The number of thiazole rings is 1. The smallest absolute Gasteiger partial charge is 0.0935 e. The zero-order chi connectivity index (χ0) is 10.7. The lowest BCUT2D eigenvalue weighted by molar-refractivity contribution is 0.798. The van der Waals surface area contributed by atoms with Gasteiger partial charge in [0, 0.05) is 0 Å². The number of aromatic nitrogens is 1. The van der Waals surface area contributed by atoms with Gasteiger partial charge in [-0.1, -0.05) is 32.4 Å². The molecular weight excluding hydrogens is 202 g/mol. The number of hydrogen-bond acceptors (Lipinski definition) is 2. The van der Waals surface area contributed by atoms with Crippen LogP contribution < -0.4 is 0 Å². The van der Waals surface area contributed by atoms with Crippen molar-refractivity contribution in [1.29, 1.82) is 0 Å². The summed E-state index contributed by atoms with van der Waals surface area (Å²) >= 11 is 1.83. The largest absolute Gasteiger partial charge is 0.241 e. The fourth-order valence-corrected chi connectivity index (χ4v) is 2.73. The molecule has 0 saturated carbocycles. The van der Waals surface area contributed by atoms with Crippen LogP contribution in [-0.4, -0.2) is 4.98 Å². The second-order valence-electron chi connectivity index (χ2n) is 3.83. The number of unbranched alkanes of at least 4 members (excludes halogenated alkanes) is 1. The molecule has 1 nitrogen and oxygen atoms in total. The quantitative estimate of drug-likeness (QED) is 0.751. The first-order valence-corrected chi connectivity index (χ1v) is 6.54. The monoisotopic (exact) mass is 219 g/mol. The molecule has 2 aromatic rings. The van der Waals surface area contributed by atoms with Gasteiger partial charge in [0.2, 0.25) is 0 Å². The van der Waals surface area contributed by atoms with Crippen molar-refractivity contribution in [3.8, 4) is 0 Å². The average Bonchev–Trinajstić information content (AvgIpc) is 2.69. The van der Waals surface area contributed by atoms with Crippen molar-refractivity contribution < 1.29 is 0 Å². The molecule has 80 valence electrons. The molecule has 0 fully saturated rings. The van der Waals surface area contributed by atoms with E-state index in [1.165, 1.54) is 40.1 Å². The number of hydrogen-bond donors (Lipinski definition) is 0. The maximum atomic E-state index is 4.70. The Morgan fingerprint density at radius 3 is 2.87 bits per heavy atom. The van der Waals surface area contributed by atoms with Crippen LogP contribution in [-0.2, 0) is 12.8 Å². The third-order valence-corrected chi connectivity index (χ3v) is 3.81. The van der Waals surface area contributed by atoms with Gasteiger partial charge in [-0.3, -0.25) is 0 Å². The molecule has 0 unspecified atom stereocenters. The lowest BCUT2D eigenvalue weighted by Gasteiger charge is -1.99. The molecule has 0 radical (unpaired) electrons. The van der Waals surface area contributed by atoms with E-state index in [0.29, 0.717) is 0 Å². The summed E-state index contributed by atoms with van der Waals surface area (Å²) in [6, 6.07) is 6.56. The fraction of sp³-hybridized carbons (Fsp3) is 0.462. The molecule has 0 bridgehead atoms. The summed E-state index contributed by atoms with van der Waals surface area (Å²) in [5, 5.41) is 1.26. The third kappa shape index (κ3) is 2.20. The maximum Gasteiger partial charge on any atom is 0.0935 e. The van der Waals surface area contributed by atoms with Crippen molar-refractivity contribution in [2.24, 2.45) is 0 Å². The molecule has 15 heavy (non-hydrogen) atoms. The second-order valence-corrected chi connectivity index (χ2v) is 4.94. The molecular formula is C13H17NS. The van der Waals surface area contributed by atoms with Crippen molar-refractivity contribution in [2.45, 2.75) is 39.5 Å². The predicted molar refractivity (Wildman–Crippen MR) is 67.6 cm³/mol. The first-order valence-electron chi connectivity index (χ1n) is 5.72. The summed E-state index contributed by atoms with van der Waals surface area (Å²) < 4.78 is 1.35. The van der Waals surface area contributed by atoms with Gasteiger partial charge < -0.3 is 0 Å². The predicted octanol–water partition coefficient (Wildman–Crippen LogP) is 4.20.